The first-order valence-electron chi connectivity index (χ1n) is 7.08. The molecule has 1 atom stereocenters. The normalized spacial score (nSPS) is 13.2. The lowest BCUT2D eigenvalue weighted by Crippen LogP contribution is -3.00. The van der Waals surface area contributed by atoms with E-state index in [1.165, 1.54) is 44.9 Å². The Kier molecular flexibility index (Phi) is 14.5. The fourth-order valence-electron chi connectivity index (χ4n) is 2.21. The summed E-state index contributed by atoms with van der Waals surface area (Å²) < 4.78 is 0.878. The van der Waals surface area contributed by atoms with E-state index in [4.69, 9.17) is 11.6 Å². The van der Waals surface area contributed by atoms with Gasteiger partial charge in [0.25, 0.3) is 0 Å². The summed E-state index contributed by atoms with van der Waals surface area (Å²) in [6.07, 6.45) is 9.04. The number of nitrogens with zero attached hydrogens (tertiary/aromatic N) is 1. The smallest absolute Gasteiger partial charge is 0.116 e. The lowest BCUT2D eigenvalue weighted by molar-refractivity contribution is -0.893. The standard InChI is InChI=1S/C14H31ClNO.ClH/c1-4-5-6-7-8-9-10-11-16(2,3)13-14(17)12-15;/h14,17H,4-13H2,1-3H3;1H/q+1;/p-1. The minimum absolute atomic E-state index is 0. The summed E-state index contributed by atoms with van der Waals surface area (Å²) in [5.41, 5.74) is 0. The maximum Gasteiger partial charge on any atom is 0.116 e. The molecule has 0 saturated heterocycles. The van der Waals surface area contributed by atoms with Crippen LogP contribution in [-0.4, -0.2) is 48.8 Å². The molecule has 0 aliphatic heterocycles. The molecule has 0 aromatic heterocycles. The van der Waals surface area contributed by atoms with Crippen molar-refractivity contribution in [1.29, 1.82) is 0 Å². The number of hydrogen-bond acceptors (Lipinski definition) is 1. The number of aliphatic hydroxyl groups is 1. The van der Waals surface area contributed by atoms with E-state index >= 15 is 0 Å². The third kappa shape index (κ3) is 12.9. The van der Waals surface area contributed by atoms with E-state index in [-0.39, 0.29) is 18.5 Å². The second-order valence-electron chi connectivity index (χ2n) is 5.77. The Bertz CT molecular complexity index is 177. The highest BCUT2D eigenvalue weighted by molar-refractivity contribution is 6.18. The minimum Gasteiger partial charge on any atom is -1.00 e. The van der Waals surface area contributed by atoms with Gasteiger partial charge < -0.3 is 22.0 Å². The molecule has 0 aromatic carbocycles. The molecule has 0 fully saturated rings. The van der Waals surface area contributed by atoms with Crippen molar-refractivity contribution < 1.29 is 22.0 Å². The number of unbranched alkanes of at least 4 members (excludes halogenated alkanes) is 6. The number of aliphatic hydroxyl groups excluding tert-OH is 1. The minimum atomic E-state index is -0.365. The summed E-state index contributed by atoms with van der Waals surface area (Å²) in [6.45, 7) is 4.16. The molecule has 0 spiro atoms. The summed E-state index contributed by atoms with van der Waals surface area (Å²) >= 11 is 5.63. The highest BCUT2D eigenvalue weighted by atomic mass is 35.5. The van der Waals surface area contributed by atoms with Crippen LogP contribution in [-0.2, 0) is 0 Å². The highest BCUT2D eigenvalue weighted by Crippen LogP contribution is 2.10. The molecule has 0 aromatic rings. The van der Waals surface area contributed by atoms with Gasteiger partial charge in [0, 0.05) is 0 Å². The first kappa shape index (κ1) is 20.8. The van der Waals surface area contributed by atoms with Crippen LogP contribution in [0.4, 0.5) is 0 Å². The predicted octanol–water partition coefficient (Wildman–Crippen LogP) is 0.417. The van der Waals surface area contributed by atoms with Crippen molar-refractivity contribution in [2.45, 2.75) is 58.0 Å². The van der Waals surface area contributed by atoms with Crippen LogP contribution in [0.5, 0.6) is 0 Å². The van der Waals surface area contributed by atoms with E-state index in [2.05, 4.69) is 21.0 Å². The van der Waals surface area contributed by atoms with E-state index in [1.54, 1.807) is 0 Å². The van der Waals surface area contributed by atoms with Crippen LogP contribution < -0.4 is 12.4 Å². The largest absolute Gasteiger partial charge is 1.00 e. The van der Waals surface area contributed by atoms with Crippen LogP contribution >= 0.6 is 11.6 Å². The molecular weight excluding hydrogens is 269 g/mol. The number of quaternary nitrogens is 1. The van der Waals surface area contributed by atoms with Gasteiger partial charge in [-0.3, -0.25) is 0 Å². The topological polar surface area (TPSA) is 20.2 Å². The van der Waals surface area contributed by atoms with Crippen molar-refractivity contribution in [2.75, 3.05) is 33.1 Å². The van der Waals surface area contributed by atoms with Gasteiger partial charge in [-0.25, -0.2) is 0 Å². The van der Waals surface area contributed by atoms with Crippen LogP contribution in [0, 0.1) is 0 Å². The molecule has 0 bridgehead atoms. The van der Waals surface area contributed by atoms with Gasteiger partial charge in [0.15, 0.2) is 0 Å². The number of likely N-dealkylation sites (N-methyl/N-ethyl adjacent to an activating group) is 1. The average Bonchev–Trinajstić information content (AvgIpc) is 2.27. The number of alkyl halides is 1. The maximum atomic E-state index is 9.55. The molecule has 0 amide bonds. The van der Waals surface area contributed by atoms with E-state index < -0.39 is 0 Å². The quantitative estimate of drug-likeness (QED) is 0.333. The summed E-state index contributed by atoms with van der Waals surface area (Å²) in [5, 5.41) is 9.55. The number of hydrogen-bond donors (Lipinski definition) is 1. The second kappa shape index (κ2) is 12.5. The molecule has 112 valence electrons. The number of halogens is 2. The van der Waals surface area contributed by atoms with Crippen LogP contribution in [0.1, 0.15) is 51.9 Å². The molecular formula is C14H31Cl2NO. The van der Waals surface area contributed by atoms with Crippen molar-refractivity contribution >= 4 is 11.6 Å². The first-order chi connectivity index (χ1) is 8.02. The molecule has 0 aliphatic carbocycles. The molecule has 0 saturated carbocycles. The highest BCUT2D eigenvalue weighted by Gasteiger charge is 2.19. The SMILES string of the molecule is CCCCCCCCC[N+](C)(C)CC(O)CCl.[Cl-]. The fraction of sp³-hybridized carbons (Fsp3) is 1.00. The molecule has 1 N–H and O–H groups in total. The zero-order valence-corrected chi connectivity index (χ0v) is 13.8. The molecule has 0 rings (SSSR count). The van der Waals surface area contributed by atoms with Crippen molar-refractivity contribution in [3.8, 4) is 0 Å². The molecule has 0 radical (unpaired) electrons. The van der Waals surface area contributed by atoms with Crippen molar-refractivity contribution in [3.63, 3.8) is 0 Å². The molecule has 18 heavy (non-hydrogen) atoms. The van der Waals surface area contributed by atoms with Gasteiger partial charge in [0.1, 0.15) is 12.6 Å². The lowest BCUT2D eigenvalue weighted by atomic mass is 10.1. The Morgan fingerprint density at radius 2 is 1.50 bits per heavy atom. The van der Waals surface area contributed by atoms with Crippen molar-refractivity contribution in [1.82, 2.24) is 0 Å². The zero-order valence-electron chi connectivity index (χ0n) is 12.3. The predicted molar refractivity (Wildman–Crippen MR) is 76.6 cm³/mol. The van der Waals surface area contributed by atoms with E-state index in [0.29, 0.717) is 5.88 Å². The Morgan fingerprint density at radius 3 is 2.00 bits per heavy atom. The first-order valence-corrected chi connectivity index (χ1v) is 7.61. The third-order valence-electron chi connectivity index (χ3n) is 3.25. The third-order valence-corrected chi connectivity index (χ3v) is 3.61. The fourth-order valence-corrected chi connectivity index (χ4v) is 2.31. The molecule has 0 aliphatic rings. The Balaban J connectivity index is 0. The monoisotopic (exact) mass is 299 g/mol. The van der Waals surface area contributed by atoms with Crippen molar-refractivity contribution in [3.05, 3.63) is 0 Å². The van der Waals surface area contributed by atoms with Gasteiger partial charge >= 0.3 is 0 Å². The Morgan fingerprint density at radius 1 is 1.00 bits per heavy atom. The van der Waals surface area contributed by atoms with Crippen LogP contribution in [0.2, 0.25) is 0 Å². The van der Waals surface area contributed by atoms with E-state index in [1.807, 2.05) is 0 Å². The molecule has 0 heterocycles. The van der Waals surface area contributed by atoms with Gasteiger partial charge in [0.05, 0.1) is 26.5 Å². The Hall–Kier alpha value is 0.500. The van der Waals surface area contributed by atoms with Crippen LogP contribution in [0.15, 0.2) is 0 Å². The maximum absolute atomic E-state index is 9.55. The molecule has 1 unspecified atom stereocenters. The summed E-state index contributed by atoms with van der Waals surface area (Å²) in [7, 11) is 4.35. The summed E-state index contributed by atoms with van der Waals surface area (Å²) in [5.74, 6) is 0.346. The van der Waals surface area contributed by atoms with Crippen LogP contribution in [0.3, 0.4) is 0 Å². The van der Waals surface area contributed by atoms with Gasteiger partial charge in [-0.05, 0) is 12.8 Å². The molecule has 2 nitrogen and oxygen atoms in total. The van der Waals surface area contributed by atoms with Gasteiger partial charge in [-0.1, -0.05) is 39.0 Å². The summed E-state index contributed by atoms with van der Waals surface area (Å²) in [6, 6.07) is 0. The van der Waals surface area contributed by atoms with E-state index in [0.717, 1.165) is 17.6 Å². The van der Waals surface area contributed by atoms with Crippen molar-refractivity contribution in [2.24, 2.45) is 0 Å². The number of rotatable bonds is 11. The average molecular weight is 300 g/mol. The Labute approximate surface area is 125 Å². The zero-order chi connectivity index (χ0) is 13.1. The lowest BCUT2D eigenvalue weighted by Gasteiger charge is -2.31. The van der Waals surface area contributed by atoms with Gasteiger partial charge in [0.2, 0.25) is 0 Å². The van der Waals surface area contributed by atoms with Crippen LogP contribution in [0.25, 0.3) is 0 Å². The second-order valence-corrected chi connectivity index (χ2v) is 6.08. The van der Waals surface area contributed by atoms with Gasteiger partial charge in [-0.2, -0.15) is 0 Å². The molecule has 4 heteroatoms. The van der Waals surface area contributed by atoms with Gasteiger partial charge in [-0.15, -0.1) is 11.6 Å². The summed E-state index contributed by atoms with van der Waals surface area (Å²) in [4.78, 5) is 0. The van der Waals surface area contributed by atoms with E-state index in [9.17, 15) is 5.11 Å².